The van der Waals surface area contributed by atoms with Crippen LogP contribution in [-0.4, -0.2) is 19.4 Å². The molecule has 0 saturated carbocycles. The molecule has 1 aromatic rings. The van der Waals surface area contributed by atoms with Gasteiger partial charge in [-0.05, 0) is 31.4 Å². The Morgan fingerprint density at radius 3 is 2.70 bits per heavy atom. The van der Waals surface area contributed by atoms with Crippen LogP contribution in [0, 0.1) is 10.1 Å². The standard InChI is InChI=1S/C12H15N3O4S/c13-20(18,19)11-8-4-7-10(12(11)15(16)17)14-9-5-2-1-3-6-9/h2,4-5,7-9,14H,1,3,6H2,(H2,13,18,19)/t9-/m1/s1. The lowest BCUT2D eigenvalue weighted by atomic mass is 10.0. The summed E-state index contributed by atoms with van der Waals surface area (Å²) in [5, 5.41) is 19.2. The third kappa shape index (κ3) is 3.14. The summed E-state index contributed by atoms with van der Waals surface area (Å²) in [6.07, 6.45) is 6.73. The monoisotopic (exact) mass is 297 g/mol. The van der Waals surface area contributed by atoms with Crippen molar-refractivity contribution in [3.63, 3.8) is 0 Å². The quantitative estimate of drug-likeness (QED) is 0.499. The first-order valence-corrected chi connectivity index (χ1v) is 7.67. The number of hydrogen-bond donors (Lipinski definition) is 2. The number of hydrogen-bond acceptors (Lipinski definition) is 5. The number of nitrogens with one attached hydrogen (secondary N) is 1. The van der Waals surface area contributed by atoms with Crippen LogP contribution < -0.4 is 10.5 Å². The Hall–Kier alpha value is -1.93. The Balaban J connectivity index is 2.45. The van der Waals surface area contributed by atoms with E-state index < -0.39 is 25.5 Å². The van der Waals surface area contributed by atoms with Crippen LogP contribution in [0.25, 0.3) is 0 Å². The van der Waals surface area contributed by atoms with Crippen LogP contribution in [0.2, 0.25) is 0 Å². The molecule has 8 heteroatoms. The molecular formula is C12H15N3O4S. The molecule has 1 aliphatic rings. The molecule has 108 valence electrons. The molecule has 3 N–H and O–H groups in total. The molecule has 0 saturated heterocycles. The molecule has 0 aromatic heterocycles. The van der Waals surface area contributed by atoms with E-state index in [1.54, 1.807) is 0 Å². The predicted octanol–water partition coefficient (Wildman–Crippen LogP) is 1.76. The molecule has 1 aromatic carbocycles. The van der Waals surface area contributed by atoms with Crippen molar-refractivity contribution in [3.05, 3.63) is 40.5 Å². The van der Waals surface area contributed by atoms with Crippen molar-refractivity contribution in [1.82, 2.24) is 0 Å². The topological polar surface area (TPSA) is 115 Å². The van der Waals surface area contributed by atoms with E-state index in [0.717, 1.165) is 25.3 Å². The highest BCUT2D eigenvalue weighted by Gasteiger charge is 2.27. The fraction of sp³-hybridized carbons (Fsp3) is 0.333. The zero-order chi connectivity index (χ0) is 14.8. The minimum atomic E-state index is -4.14. The molecular weight excluding hydrogens is 282 g/mol. The Kier molecular flexibility index (Phi) is 4.05. The van der Waals surface area contributed by atoms with Crippen molar-refractivity contribution in [3.8, 4) is 0 Å². The van der Waals surface area contributed by atoms with Gasteiger partial charge >= 0.3 is 5.69 Å². The summed E-state index contributed by atoms with van der Waals surface area (Å²) in [6, 6.07) is 4.00. The van der Waals surface area contributed by atoms with E-state index >= 15 is 0 Å². The van der Waals surface area contributed by atoms with E-state index in [9.17, 15) is 18.5 Å². The van der Waals surface area contributed by atoms with Gasteiger partial charge in [-0.25, -0.2) is 13.6 Å². The van der Waals surface area contributed by atoms with Gasteiger partial charge in [0, 0.05) is 6.04 Å². The Morgan fingerprint density at radius 2 is 2.15 bits per heavy atom. The number of rotatable bonds is 4. The van der Waals surface area contributed by atoms with Gasteiger partial charge in [0.1, 0.15) is 5.69 Å². The Bertz CT molecular complexity index is 655. The van der Waals surface area contributed by atoms with Crippen molar-refractivity contribution in [2.24, 2.45) is 5.14 Å². The summed E-state index contributed by atoms with van der Waals surface area (Å²) in [5.74, 6) is 0. The number of benzene rings is 1. The van der Waals surface area contributed by atoms with Gasteiger partial charge in [-0.2, -0.15) is 0 Å². The van der Waals surface area contributed by atoms with Gasteiger partial charge in [-0.1, -0.05) is 18.2 Å². The predicted molar refractivity (Wildman–Crippen MR) is 74.9 cm³/mol. The summed E-state index contributed by atoms with van der Waals surface area (Å²) < 4.78 is 22.9. The number of nitrogens with two attached hydrogens (primary N) is 1. The van der Waals surface area contributed by atoms with Crippen molar-refractivity contribution in [2.75, 3.05) is 5.32 Å². The van der Waals surface area contributed by atoms with Crippen molar-refractivity contribution < 1.29 is 13.3 Å². The van der Waals surface area contributed by atoms with Gasteiger partial charge < -0.3 is 5.32 Å². The zero-order valence-corrected chi connectivity index (χ0v) is 11.5. The number of nitro groups is 1. The van der Waals surface area contributed by atoms with Crippen LogP contribution >= 0.6 is 0 Å². The first kappa shape index (κ1) is 14.5. The molecule has 0 bridgehead atoms. The smallest absolute Gasteiger partial charge is 0.312 e. The molecule has 0 unspecified atom stereocenters. The lowest BCUT2D eigenvalue weighted by Gasteiger charge is -2.19. The number of sulfonamides is 1. The maximum atomic E-state index is 11.4. The molecule has 7 nitrogen and oxygen atoms in total. The third-order valence-corrected chi connectivity index (χ3v) is 4.03. The molecule has 1 aliphatic carbocycles. The molecule has 0 spiro atoms. The summed E-state index contributed by atoms with van der Waals surface area (Å²) in [7, 11) is -4.14. The van der Waals surface area contributed by atoms with Crippen molar-refractivity contribution in [2.45, 2.75) is 30.2 Å². The second-order valence-electron chi connectivity index (χ2n) is 4.56. The van der Waals surface area contributed by atoms with Crippen LogP contribution in [0.3, 0.4) is 0 Å². The first-order valence-electron chi connectivity index (χ1n) is 6.13. The number of para-hydroxylation sites is 1. The van der Waals surface area contributed by atoms with Crippen LogP contribution in [0.1, 0.15) is 19.3 Å². The zero-order valence-electron chi connectivity index (χ0n) is 10.7. The van der Waals surface area contributed by atoms with Gasteiger partial charge in [-0.3, -0.25) is 10.1 Å². The van der Waals surface area contributed by atoms with Gasteiger partial charge in [-0.15, -0.1) is 0 Å². The molecule has 0 heterocycles. The number of allylic oxidation sites excluding steroid dienone is 1. The highest BCUT2D eigenvalue weighted by molar-refractivity contribution is 7.89. The minimum Gasteiger partial charge on any atom is -0.373 e. The van der Waals surface area contributed by atoms with Crippen molar-refractivity contribution >= 4 is 21.4 Å². The van der Waals surface area contributed by atoms with Gasteiger partial charge in [0.25, 0.3) is 0 Å². The Labute approximate surface area is 116 Å². The molecule has 0 amide bonds. The van der Waals surface area contributed by atoms with E-state index in [2.05, 4.69) is 5.32 Å². The van der Waals surface area contributed by atoms with Crippen molar-refractivity contribution in [1.29, 1.82) is 0 Å². The maximum Gasteiger partial charge on any atom is 0.312 e. The van der Waals surface area contributed by atoms with E-state index in [1.807, 2.05) is 12.2 Å². The lowest BCUT2D eigenvalue weighted by molar-refractivity contribution is -0.386. The fourth-order valence-corrected chi connectivity index (χ4v) is 2.91. The van der Waals surface area contributed by atoms with Crippen LogP contribution in [0.15, 0.2) is 35.2 Å². The van der Waals surface area contributed by atoms with Gasteiger partial charge in [0.15, 0.2) is 4.90 Å². The summed E-state index contributed by atoms with van der Waals surface area (Å²) >= 11 is 0. The fourth-order valence-electron chi connectivity index (χ4n) is 2.19. The molecule has 2 rings (SSSR count). The summed E-state index contributed by atoms with van der Waals surface area (Å²) in [4.78, 5) is 9.95. The molecule has 20 heavy (non-hydrogen) atoms. The molecule has 1 atom stereocenters. The van der Waals surface area contributed by atoms with E-state index in [0.29, 0.717) is 0 Å². The summed E-state index contributed by atoms with van der Waals surface area (Å²) in [5.41, 5.74) is -0.341. The van der Waals surface area contributed by atoms with Crippen LogP contribution in [0.4, 0.5) is 11.4 Å². The molecule has 0 radical (unpaired) electrons. The number of anilines is 1. The van der Waals surface area contributed by atoms with Gasteiger partial charge in [0.05, 0.1) is 4.92 Å². The summed E-state index contributed by atoms with van der Waals surface area (Å²) in [6.45, 7) is 0. The number of nitro benzene ring substituents is 1. The van der Waals surface area contributed by atoms with Gasteiger partial charge in [0.2, 0.25) is 10.0 Å². The third-order valence-electron chi connectivity index (χ3n) is 3.08. The van der Waals surface area contributed by atoms with Crippen LogP contribution in [-0.2, 0) is 10.0 Å². The van der Waals surface area contributed by atoms with E-state index in [-0.39, 0.29) is 11.7 Å². The number of nitrogens with zero attached hydrogens (tertiary/aromatic N) is 1. The lowest BCUT2D eigenvalue weighted by Crippen LogP contribution is -2.21. The van der Waals surface area contributed by atoms with E-state index in [4.69, 9.17) is 5.14 Å². The highest BCUT2D eigenvalue weighted by Crippen LogP contribution is 2.32. The second-order valence-corrected chi connectivity index (χ2v) is 6.09. The van der Waals surface area contributed by atoms with Crippen LogP contribution in [0.5, 0.6) is 0 Å². The normalized spacial score (nSPS) is 18.8. The SMILES string of the molecule is NS(=O)(=O)c1cccc(N[C@@H]2C=CCCC2)c1[N+](=O)[O-]. The maximum absolute atomic E-state index is 11.4. The van der Waals surface area contributed by atoms with E-state index in [1.165, 1.54) is 12.1 Å². The minimum absolute atomic E-state index is 0.0434. The average molecular weight is 297 g/mol. The highest BCUT2D eigenvalue weighted by atomic mass is 32.2. The second kappa shape index (κ2) is 5.59. The molecule has 0 fully saturated rings. The molecule has 0 aliphatic heterocycles. The first-order chi connectivity index (χ1) is 9.39. The average Bonchev–Trinajstić information content (AvgIpc) is 2.38. The number of primary sulfonamides is 1. The Morgan fingerprint density at radius 1 is 1.40 bits per heavy atom. The largest absolute Gasteiger partial charge is 0.373 e.